The molecule has 15 heavy (non-hydrogen) atoms. The minimum absolute atomic E-state index is 0.0263. The number of rotatable bonds is 4. The van der Waals surface area contributed by atoms with Crippen LogP contribution >= 0.6 is 15.9 Å². The fourth-order valence-electron chi connectivity index (χ4n) is 2.28. The van der Waals surface area contributed by atoms with Crippen LogP contribution in [0.25, 0.3) is 0 Å². The summed E-state index contributed by atoms with van der Waals surface area (Å²) in [5, 5.41) is 0.984. The summed E-state index contributed by atoms with van der Waals surface area (Å²) in [5.41, 5.74) is 0. The third-order valence-corrected chi connectivity index (χ3v) is 10.2. The molecule has 1 rings (SSSR count). The third kappa shape index (κ3) is 2.34. The van der Waals surface area contributed by atoms with E-state index in [0.29, 0.717) is 0 Å². The van der Waals surface area contributed by atoms with Gasteiger partial charge in [0.1, 0.15) is 5.82 Å². The van der Waals surface area contributed by atoms with E-state index >= 15 is 0 Å². The van der Waals surface area contributed by atoms with Gasteiger partial charge in [-0.2, -0.15) is 0 Å². The SMILES string of the molecule is CC[Si](CC)(CC)c1c(F)cccc1Br. The molecule has 0 radical (unpaired) electrons. The summed E-state index contributed by atoms with van der Waals surface area (Å²) in [5.74, 6) is -0.0263. The van der Waals surface area contributed by atoms with E-state index in [1.54, 1.807) is 12.1 Å². The Morgan fingerprint density at radius 3 is 2.07 bits per heavy atom. The molecule has 0 amide bonds. The molecule has 0 bridgehead atoms. The number of hydrogen-bond donors (Lipinski definition) is 0. The zero-order valence-corrected chi connectivity index (χ0v) is 12.2. The molecule has 84 valence electrons. The van der Waals surface area contributed by atoms with Crippen LogP contribution < -0.4 is 5.19 Å². The Morgan fingerprint density at radius 1 is 1.13 bits per heavy atom. The summed E-state index contributed by atoms with van der Waals surface area (Å²) in [7, 11) is -1.60. The van der Waals surface area contributed by atoms with Crippen LogP contribution in [0.5, 0.6) is 0 Å². The van der Waals surface area contributed by atoms with Crippen molar-refractivity contribution in [1.82, 2.24) is 0 Å². The highest BCUT2D eigenvalue weighted by Crippen LogP contribution is 2.25. The first-order valence-electron chi connectivity index (χ1n) is 5.55. The minimum atomic E-state index is -1.60. The first-order valence-corrected chi connectivity index (χ1v) is 8.97. The van der Waals surface area contributed by atoms with Gasteiger partial charge in [0.05, 0.1) is 8.07 Å². The number of benzene rings is 1. The van der Waals surface area contributed by atoms with Crippen LogP contribution in [0, 0.1) is 5.82 Å². The molecule has 0 aliphatic heterocycles. The van der Waals surface area contributed by atoms with Gasteiger partial charge in [-0.3, -0.25) is 0 Å². The van der Waals surface area contributed by atoms with Gasteiger partial charge < -0.3 is 0 Å². The lowest BCUT2D eigenvalue weighted by atomic mass is 10.3. The lowest BCUT2D eigenvalue weighted by Gasteiger charge is -2.30. The van der Waals surface area contributed by atoms with Gasteiger partial charge in [-0.25, -0.2) is 4.39 Å². The standard InChI is InChI=1S/C12H18BrFSi/c1-4-15(5-2,6-3)12-10(13)8-7-9-11(12)14/h7-9H,4-6H2,1-3H3. The average Bonchev–Trinajstić information content (AvgIpc) is 2.24. The molecular weight excluding hydrogens is 271 g/mol. The molecule has 0 aromatic heterocycles. The van der Waals surface area contributed by atoms with Gasteiger partial charge in [-0.1, -0.05) is 60.9 Å². The predicted octanol–water partition coefficient (Wildman–Crippen LogP) is 4.30. The van der Waals surface area contributed by atoms with E-state index in [0.717, 1.165) is 27.8 Å². The molecule has 3 heteroatoms. The minimum Gasteiger partial charge on any atom is -0.207 e. The van der Waals surface area contributed by atoms with Crippen LogP contribution in [0.2, 0.25) is 18.1 Å². The Hall–Kier alpha value is -0.153. The molecule has 0 aliphatic carbocycles. The van der Waals surface area contributed by atoms with E-state index in [1.165, 1.54) is 0 Å². The summed E-state index contributed by atoms with van der Waals surface area (Å²) in [4.78, 5) is 0. The quantitative estimate of drug-likeness (QED) is 0.725. The predicted molar refractivity (Wildman–Crippen MR) is 70.9 cm³/mol. The fraction of sp³-hybridized carbons (Fsp3) is 0.500. The lowest BCUT2D eigenvalue weighted by Crippen LogP contribution is -2.48. The molecule has 0 atom stereocenters. The van der Waals surface area contributed by atoms with Crippen LogP contribution in [0.3, 0.4) is 0 Å². The van der Waals surface area contributed by atoms with Gasteiger partial charge in [0.25, 0.3) is 0 Å². The second-order valence-corrected chi connectivity index (χ2v) is 9.97. The maximum atomic E-state index is 13.9. The molecule has 0 spiro atoms. The van der Waals surface area contributed by atoms with E-state index < -0.39 is 8.07 Å². The molecular formula is C12H18BrFSi. The molecule has 0 unspecified atom stereocenters. The van der Waals surface area contributed by atoms with Gasteiger partial charge in [0.2, 0.25) is 0 Å². The smallest absolute Gasteiger partial charge is 0.123 e. The molecule has 1 aromatic carbocycles. The number of hydrogen-bond acceptors (Lipinski definition) is 0. The van der Waals surface area contributed by atoms with Gasteiger partial charge in [-0.05, 0) is 17.3 Å². The maximum absolute atomic E-state index is 13.9. The van der Waals surface area contributed by atoms with E-state index in [1.807, 2.05) is 6.07 Å². The molecule has 0 saturated carbocycles. The van der Waals surface area contributed by atoms with Crippen molar-refractivity contribution in [3.05, 3.63) is 28.5 Å². The van der Waals surface area contributed by atoms with Crippen molar-refractivity contribution in [3.63, 3.8) is 0 Å². The first kappa shape index (κ1) is 12.9. The van der Waals surface area contributed by atoms with Crippen LogP contribution in [-0.2, 0) is 0 Å². The second-order valence-electron chi connectivity index (χ2n) is 3.94. The van der Waals surface area contributed by atoms with Crippen molar-refractivity contribution in [2.45, 2.75) is 38.9 Å². The molecule has 0 N–H and O–H groups in total. The molecule has 0 fully saturated rings. The van der Waals surface area contributed by atoms with Gasteiger partial charge in [0, 0.05) is 4.47 Å². The molecule has 0 nitrogen and oxygen atoms in total. The Morgan fingerprint density at radius 2 is 1.67 bits per heavy atom. The number of halogens is 2. The van der Waals surface area contributed by atoms with E-state index in [4.69, 9.17) is 0 Å². The summed E-state index contributed by atoms with van der Waals surface area (Å²) < 4.78 is 14.9. The first-order chi connectivity index (χ1) is 7.11. The Balaban J connectivity index is 3.34. The van der Waals surface area contributed by atoms with Crippen molar-refractivity contribution in [3.8, 4) is 0 Å². The van der Waals surface area contributed by atoms with Crippen molar-refractivity contribution >= 4 is 29.2 Å². The van der Waals surface area contributed by atoms with E-state index in [2.05, 4.69) is 36.7 Å². The molecule has 0 saturated heterocycles. The summed E-state index contributed by atoms with van der Waals surface area (Å²) in [6, 6.07) is 8.64. The average molecular weight is 289 g/mol. The topological polar surface area (TPSA) is 0 Å². The van der Waals surface area contributed by atoms with Crippen LogP contribution in [0.4, 0.5) is 4.39 Å². The highest BCUT2D eigenvalue weighted by molar-refractivity contribution is 9.10. The largest absolute Gasteiger partial charge is 0.207 e. The lowest BCUT2D eigenvalue weighted by molar-refractivity contribution is 0.633. The van der Waals surface area contributed by atoms with E-state index in [9.17, 15) is 4.39 Å². The zero-order valence-electron chi connectivity index (χ0n) is 9.61. The Bertz CT molecular complexity index is 306. The second kappa shape index (κ2) is 5.26. The Kier molecular flexibility index (Phi) is 4.53. The Labute approximate surface area is 101 Å². The summed E-state index contributed by atoms with van der Waals surface area (Å²) in [6.45, 7) is 6.58. The highest BCUT2D eigenvalue weighted by atomic mass is 79.9. The maximum Gasteiger partial charge on any atom is 0.123 e. The van der Waals surface area contributed by atoms with Crippen LogP contribution in [-0.4, -0.2) is 8.07 Å². The van der Waals surface area contributed by atoms with Crippen molar-refractivity contribution in [2.75, 3.05) is 0 Å². The van der Waals surface area contributed by atoms with Crippen molar-refractivity contribution < 1.29 is 4.39 Å². The van der Waals surface area contributed by atoms with Gasteiger partial charge in [0.15, 0.2) is 0 Å². The normalized spacial score (nSPS) is 11.8. The van der Waals surface area contributed by atoms with Gasteiger partial charge in [-0.15, -0.1) is 0 Å². The fourth-order valence-corrected chi connectivity index (χ4v) is 7.63. The highest BCUT2D eigenvalue weighted by Gasteiger charge is 2.33. The summed E-state index contributed by atoms with van der Waals surface area (Å²) >= 11 is 3.50. The van der Waals surface area contributed by atoms with Crippen molar-refractivity contribution in [1.29, 1.82) is 0 Å². The van der Waals surface area contributed by atoms with Crippen LogP contribution in [0.15, 0.2) is 22.7 Å². The summed E-state index contributed by atoms with van der Waals surface area (Å²) in [6.07, 6.45) is 0. The molecule has 0 aliphatic rings. The third-order valence-electron chi connectivity index (χ3n) is 3.52. The van der Waals surface area contributed by atoms with E-state index in [-0.39, 0.29) is 5.82 Å². The van der Waals surface area contributed by atoms with Gasteiger partial charge >= 0.3 is 0 Å². The van der Waals surface area contributed by atoms with Crippen molar-refractivity contribution in [2.24, 2.45) is 0 Å². The van der Waals surface area contributed by atoms with Crippen LogP contribution in [0.1, 0.15) is 20.8 Å². The molecule has 1 aromatic rings. The monoisotopic (exact) mass is 288 g/mol. The molecule has 0 heterocycles. The zero-order chi connectivity index (χ0) is 11.5.